The molecule has 2 aromatic carbocycles. The summed E-state index contributed by atoms with van der Waals surface area (Å²) in [6.45, 7) is 7.83. The van der Waals surface area contributed by atoms with Gasteiger partial charge in [0.05, 0.1) is 5.56 Å². The predicted molar refractivity (Wildman–Crippen MR) is 103 cm³/mol. The normalized spacial score (nSPS) is 19.6. The first-order chi connectivity index (χ1) is 12.8. The van der Waals surface area contributed by atoms with Crippen molar-refractivity contribution in [2.24, 2.45) is 0 Å². The molecule has 0 aliphatic carbocycles. The molecule has 1 aliphatic heterocycles. The minimum absolute atomic E-state index is 0.298. The monoisotopic (exact) mass is 376 g/mol. The summed E-state index contributed by atoms with van der Waals surface area (Å²) in [6.07, 6.45) is -4.28. The molecule has 0 N–H and O–H groups in total. The first-order valence-corrected chi connectivity index (χ1v) is 9.43. The number of piperazine rings is 1. The fourth-order valence-electron chi connectivity index (χ4n) is 3.81. The molecule has 2 aromatic rings. The number of halogens is 3. The summed E-state index contributed by atoms with van der Waals surface area (Å²) in [5.74, 6) is 0.458. The van der Waals surface area contributed by atoms with Crippen molar-refractivity contribution in [3.8, 4) is 0 Å². The van der Waals surface area contributed by atoms with Crippen molar-refractivity contribution in [2.75, 3.05) is 26.7 Å². The van der Waals surface area contributed by atoms with E-state index in [1.165, 1.54) is 23.3 Å². The largest absolute Gasteiger partial charge is 0.416 e. The van der Waals surface area contributed by atoms with E-state index in [-0.39, 0.29) is 0 Å². The average Bonchev–Trinajstić information content (AvgIpc) is 2.63. The van der Waals surface area contributed by atoms with Crippen LogP contribution in [-0.2, 0) is 12.7 Å². The summed E-state index contributed by atoms with van der Waals surface area (Å²) in [5.41, 5.74) is 3.05. The van der Waals surface area contributed by atoms with Crippen LogP contribution in [0.25, 0.3) is 0 Å². The molecule has 2 nitrogen and oxygen atoms in total. The summed E-state index contributed by atoms with van der Waals surface area (Å²) < 4.78 is 38.2. The minimum Gasteiger partial charge on any atom is -0.297 e. The van der Waals surface area contributed by atoms with Crippen LogP contribution >= 0.6 is 0 Å². The molecule has 146 valence electrons. The molecule has 1 fully saturated rings. The SMILES string of the molecule is CC(C)c1ccccc1C1CN(Cc2ccc(C(F)(F)F)cc2)CCN1C. The highest BCUT2D eigenvalue weighted by atomic mass is 19.4. The topological polar surface area (TPSA) is 6.48 Å². The summed E-state index contributed by atoms with van der Waals surface area (Å²) in [5, 5.41) is 0. The van der Waals surface area contributed by atoms with Gasteiger partial charge in [-0.25, -0.2) is 0 Å². The summed E-state index contributed by atoms with van der Waals surface area (Å²) in [4.78, 5) is 4.72. The van der Waals surface area contributed by atoms with Gasteiger partial charge < -0.3 is 0 Å². The number of nitrogens with zero attached hydrogens (tertiary/aromatic N) is 2. The van der Waals surface area contributed by atoms with E-state index in [1.807, 2.05) is 0 Å². The Hall–Kier alpha value is -1.85. The van der Waals surface area contributed by atoms with Gasteiger partial charge in [0.15, 0.2) is 0 Å². The predicted octanol–water partition coefficient (Wildman–Crippen LogP) is 5.32. The molecule has 1 unspecified atom stereocenters. The van der Waals surface area contributed by atoms with Crippen LogP contribution in [0.5, 0.6) is 0 Å². The summed E-state index contributed by atoms with van der Waals surface area (Å²) in [6, 6.07) is 14.4. The van der Waals surface area contributed by atoms with Crippen LogP contribution < -0.4 is 0 Å². The van der Waals surface area contributed by atoms with Crippen molar-refractivity contribution < 1.29 is 13.2 Å². The highest BCUT2D eigenvalue weighted by molar-refractivity contribution is 5.33. The second kappa shape index (κ2) is 8.03. The zero-order chi connectivity index (χ0) is 19.6. The first kappa shape index (κ1) is 19.9. The van der Waals surface area contributed by atoms with Crippen LogP contribution in [0.15, 0.2) is 48.5 Å². The molecule has 1 aliphatic rings. The number of likely N-dealkylation sites (N-methyl/N-ethyl adjacent to an activating group) is 1. The Labute approximate surface area is 159 Å². The molecule has 1 atom stereocenters. The molecule has 27 heavy (non-hydrogen) atoms. The van der Waals surface area contributed by atoms with Crippen LogP contribution in [0.2, 0.25) is 0 Å². The molecule has 5 heteroatoms. The van der Waals surface area contributed by atoms with Crippen LogP contribution in [0.4, 0.5) is 13.2 Å². The van der Waals surface area contributed by atoms with E-state index in [2.05, 4.69) is 55.0 Å². The van der Waals surface area contributed by atoms with Gasteiger partial charge in [-0.1, -0.05) is 50.2 Å². The van der Waals surface area contributed by atoms with Crippen LogP contribution in [0.1, 0.15) is 48.1 Å². The maximum Gasteiger partial charge on any atom is 0.416 e. The zero-order valence-electron chi connectivity index (χ0n) is 16.1. The fraction of sp³-hybridized carbons (Fsp3) is 0.455. The molecule has 3 rings (SSSR count). The summed E-state index contributed by atoms with van der Waals surface area (Å²) in [7, 11) is 2.15. The van der Waals surface area contributed by atoms with Crippen LogP contribution in [0.3, 0.4) is 0 Å². The molecular weight excluding hydrogens is 349 g/mol. The van der Waals surface area contributed by atoms with Crippen molar-refractivity contribution in [1.29, 1.82) is 0 Å². The van der Waals surface area contributed by atoms with Gasteiger partial charge in [0.25, 0.3) is 0 Å². The van der Waals surface area contributed by atoms with E-state index < -0.39 is 11.7 Å². The minimum atomic E-state index is -4.28. The van der Waals surface area contributed by atoms with E-state index in [0.29, 0.717) is 18.5 Å². The van der Waals surface area contributed by atoms with Gasteiger partial charge in [-0.05, 0) is 41.8 Å². The molecule has 1 heterocycles. The lowest BCUT2D eigenvalue weighted by Crippen LogP contribution is -2.46. The van der Waals surface area contributed by atoms with E-state index in [4.69, 9.17) is 0 Å². The first-order valence-electron chi connectivity index (χ1n) is 9.43. The molecular formula is C22H27F3N2. The van der Waals surface area contributed by atoms with E-state index >= 15 is 0 Å². The number of alkyl halides is 3. The van der Waals surface area contributed by atoms with Crippen molar-refractivity contribution >= 4 is 0 Å². The molecule has 1 saturated heterocycles. The Balaban J connectivity index is 1.74. The molecule has 0 spiro atoms. The van der Waals surface area contributed by atoms with Crippen molar-refractivity contribution in [1.82, 2.24) is 9.80 Å². The van der Waals surface area contributed by atoms with E-state index in [9.17, 15) is 13.2 Å². The number of hydrogen-bond acceptors (Lipinski definition) is 2. The van der Waals surface area contributed by atoms with Gasteiger partial charge >= 0.3 is 6.18 Å². The molecule has 0 saturated carbocycles. The van der Waals surface area contributed by atoms with Gasteiger partial charge in [-0.3, -0.25) is 9.80 Å². The van der Waals surface area contributed by atoms with Gasteiger partial charge in [0, 0.05) is 32.2 Å². The second-order valence-electron chi connectivity index (χ2n) is 7.71. The van der Waals surface area contributed by atoms with Crippen LogP contribution in [0, 0.1) is 0 Å². The second-order valence-corrected chi connectivity index (χ2v) is 7.71. The van der Waals surface area contributed by atoms with Crippen molar-refractivity contribution in [2.45, 2.75) is 38.5 Å². The molecule has 0 radical (unpaired) electrons. The quantitative estimate of drug-likeness (QED) is 0.713. The number of hydrogen-bond donors (Lipinski definition) is 0. The van der Waals surface area contributed by atoms with Gasteiger partial charge in [-0.2, -0.15) is 13.2 Å². The third-order valence-corrected chi connectivity index (χ3v) is 5.40. The standard InChI is InChI=1S/C22H27F3N2/c1-16(2)19-6-4-5-7-20(19)21-15-27(13-12-26(21)3)14-17-8-10-18(11-9-17)22(23,24)25/h4-11,16,21H,12-15H2,1-3H3. The number of benzene rings is 2. The average molecular weight is 376 g/mol. The lowest BCUT2D eigenvalue weighted by molar-refractivity contribution is -0.137. The van der Waals surface area contributed by atoms with E-state index in [0.717, 1.165) is 25.2 Å². The smallest absolute Gasteiger partial charge is 0.297 e. The van der Waals surface area contributed by atoms with E-state index in [1.54, 1.807) is 12.1 Å². The maximum atomic E-state index is 12.7. The van der Waals surface area contributed by atoms with Gasteiger partial charge in [-0.15, -0.1) is 0 Å². The third-order valence-electron chi connectivity index (χ3n) is 5.40. The Kier molecular flexibility index (Phi) is 5.92. The number of rotatable bonds is 4. The Morgan fingerprint density at radius 2 is 1.67 bits per heavy atom. The lowest BCUT2D eigenvalue weighted by atomic mass is 9.91. The van der Waals surface area contributed by atoms with Crippen LogP contribution in [-0.4, -0.2) is 36.5 Å². The Morgan fingerprint density at radius 1 is 1.00 bits per heavy atom. The van der Waals surface area contributed by atoms with Gasteiger partial charge in [0.1, 0.15) is 0 Å². The molecule has 0 amide bonds. The highest BCUT2D eigenvalue weighted by Gasteiger charge is 2.30. The summed E-state index contributed by atoms with van der Waals surface area (Å²) >= 11 is 0. The van der Waals surface area contributed by atoms with Crippen molar-refractivity contribution in [3.05, 3.63) is 70.8 Å². The maximum absolute atomic E-state index is 12.7. The highest BCUT2D eigenvalue weighted by Crippen LogP contribution is 2.32. The third kappa shape index (κ3) is 4.71. The lowest BCUT2D eigenvalue weighted by Gasteiger charge is -2.40. The molecule has 0 bridgehead atoms. The van der Waals surface area contributed by atoms with Crippen molar-refractivity contribution in [3.63, 3.8) is 0 Å². The molecule has 0 aromatic heterocycles. The zero-order valence-corrected chi connectivity index (χ0v) is 16.1. The Bertz CT molecular complexity index is 753. The fourth-order valence-corrected chi connectivity index (χ4v) is 3.81. The van der Waals surface area contributed by atoms with Gasteiger partial charge in [0.2, 0.25) is 0 Å². The Morgan fingerprint density at radius 3 is 2.30 bits per heavy atom.